The second-order valence-electron chi connectivity index (χ2n) is 6.26. The van der Waals surface area contributed by atoms with E-state index in [9.17, 15) is 9.59 Å². The highest BCUT2D eigenvalue weighted by Gasteiger charge is 2.09. The van der Waals surface area contributed by atoms with Crippen LogP contribution in [0.3, 0.4) is 0 Å². The van der Waals surface area contributed by atoms with E-state index in [4.69, 9.17) is 4.74 Å². The summed E-state index contributed by atoms with van der Waals surface area (Å²) in [5.41, 5.74) is 5.86. The van der Waals surface area contributed by atoms with Crippen LogP contribution in [0.1, 0.15) is 55.8 Å². The Bertz CT molecular complexity index is 740. The molecule has 0 saturated carbocycles. The number of hydrogen-bond donors (Lipinski definition) is 3. The number of anilines is 2. The van der Waals surface area contributed by atoms with Crippen molar-refractivity contribution in [1.29, 1.82) is 0 Å². The number of esters is 1. The van der Waals surface area contributed by atoms with E-state index in [0.29, 0.717) is 17.9 Å². The van der Waals surface area contributed by atoms with Gasteiger partial charge in [0.25, 0.3) is 0 Å². The average Bonchev–Trinajstić information content (AvgIpc) is 2.72. The summed E-state index contributed by atoms with van der Waals surface area (Å²) in [6, 6.07) is 7.76. The first-order valence-electron chi connectivity index (χ1n) is 9.56. The van der Waals surface area contributed by atoms with Gasteiger partial charge in [-0.15, -0.1) is 0 Å². The van der Waals surface area contributed by atoms with Gasteiger partial charge in [0.05, 0.1) is 12.2 Å². The predicted octanol–water partition coefficient (Wildman–Crippen LogP) is 4.14. The molecule has 0 aliphatic rings. The van der Waals surface area contributed by atoms with E-state index >= 15 is 0 Å². The molecular weight excluding hydrogens is 358 g/mol. The van der Waals surface area contributed by atoms with E-state index < -0.39 is 12.0 Å². The maximum Gasteiger partial charge on any atom is 0.338 e. The van der Waals surface area contributed by atoms with E-state index in [1.165, 1.54) is 25.7 Å². The number of nitrogens with zero attached hydrogens (tertiary/aromatic N) is 2. The van der Waals surface area contributed by atoms with Gasteiger partial charge in [0.15, 0.2) is 0 Å². The van der Waals surface area contributed by atoms with Crippen LogP contribution in [0.5, 0.6) is 0 Å². The molecule has 8 nitrogen and oxygen atoms in total. The van der Waals surface area contributed by atoms with Gasteiger partial charge in [0, 0.05) is 18.1 Å². The van der Waals surface area contributed by atoms with E-state index in [-0.39, 0.29) is 5.95 Å². The van der Waals surface area contributed by atoms with Crippen LogP contribution < -0.4 is 16.2 Å². The zero-order valence-corrected chi connectivity index (χ0v) is 16.1. The van der Waals surface area contributed by atoms with Crippen molar-refractivity contribution < 1.29 is 14.3 Å². The van der Waals surface area contributed by atoms with Crippen molar-refractivity contribution in [3.05, 3.63) is 48.3 Å². The molecule has 0 spiro atoms. The summed E-state index contributed by atoms with van der Waals surface area (Å²) in [6.45, 7) is 2.59. The monoisotopic (exact) mass is 385 g/mol. The molecule has 1 aromatic carbocycles. The van der Waals surface area contributed by atoms with Gasteiger partial charge < -0.3 is 10.1 Å². The Morgan fingerprint density at radius 3 is 2.54 bits per heavy atom. The smallest absolute Gasteiger partial charge is 0.338 e. The first kappa shape index (κ1) is 21.1. The lowest BCUT2D eigenvalue weighted by atomic mass is 10.1. The van der Waals surface area contributed by atoms with Gasteiger partial charge in [-0.2, -0.15) is 0 Å². The first-order chi connectivity index (χ1) is 13.7. The molecule has 1 heterocycles. The number of carbonyl (C=O) groups excluding carboxylic acids is 2. The Kier molecular flexibility index (Phi) is 9.26. The summed E-state index contributed by atoms with van der Waals surface area (Å²) < 4.78 is 5.30. The largest absolute Gasteiger partial charge is 0.462 e. The SMILES string of the molecule is CCCCCCCCOC(=O)c1cccc(NC(=O)NNc2ncccn2)c1. The highest BCUT2D eigenvalue weighted by atomic mass is 16.5. The summed E-state index contributed by atoms with van der Waals surface area (Å²) in [6.07, 6.45) is 9.89. The van der Waals surface area contributed by atoms with Crippen molar-refractivity contribution >= 4 is 23.6 Å². The molecule has 0 aliphatic heterocycles. The van der Waals surface area contributed by atoms with Gasteiger partial charge >= 0.3 is 12.0 Å². The second kappa shape index (κ2) is 12.3. The Hall–Kier alpha value is -3.16. The molecular formula is C20H27N5O3. The van der Waals surface area contributed by atoms with Crippen molar-refractivity contribution in [2.75, 3.05) is 17.3 Å². The van der Waals surface area contributed by atoms with Crippen LogP contribution >= 0.6 is 0 Å². The van der Waals surface area contributed by atoms with Crippen LogP contribution in [0.4, 0.5) is 16.4 Å². The van der Waals surface area contributed by atoms with E-state index in [1.807, 2.05) is 0 Å². The topological polar surface area (TPSA) is 105 Å². The van der Waals surface area contributed by atoms with Crippen LogP contribution in [0.15, 0.2) is 42.7 Å². The standard InChI is InChI=1S/C20H27N5O3/c1-2-3-4-5-6-7-14-28-18(26)16-10-8-11-17(15-16)23-20(27)25-24-19-21-12-9-13-22-19/h8-13,15H,2-7,14H2,1H3,(H,21,22,24)(H2,23,25,27). The zero-order valence-electron chi connectivity index (χ0n) is 16.1. The number of rotatable bonds is 11. The Morgan fingerprint density at radius 1 is 1.00 bits per heavy atom. The summed E-state index contributed by atoms with van der Waals surface area (Å²) in [5.74, 6) is -0.127. The molecule has 2 aromatic rings. The maximum absolute atomic E-state index is 12.1. The van der Waals surface area contributed by atoms with Crippen molar-refractivity contribution in [3.63, 3.8) is 0 Å². The third-order valence-corrected chi connectivity index (χ3v) is 3.94. The number of hydrazine groups is 1. The highest BCUT2D eigenvalue weighted by molar-refractivity contribution is 5.94. The van der Waals surface area contributed by atoms with Crippen LogP contribution in [0.2, 0.25) is 0 Å². The van der Waals surface area contributed by atoms with E-state index in [0.717, 1.165) is 12.8 Å². The Labute approximate surface area is 165 Å². The molecule has 0 radical (unpaired) electrons. The molecule has 0 aliphatic carbocycles. The molecule has 0 unspecified atom stereocenters. The lowest BCUT2D eigenvalue weighted by Gasteiger charge is -2.10. The minimum atomic E-state index is -0.509. The predicted molar refractivity (Wildman–Crippen MR) is 108 cm³/mol. The number of ether oxygens (including phenoxy) is 1. The van der Waals surface area contributed by atoms with Gasteiger partial charge in [-0.1, -0.05) is 45.1 Å². The highest BCUT2D eigenvalue weighted by Crippen LogP contribution is 2.12. The summed E-state index contributed by atoms with van der Waals surface area (Å²) in [5, 5.41) is 2.63. The number of benzene rings is 1. The molecule has 0 atom stereocenters. The molecule has 8 heteroatoms. The molecule has 0 bridgehead atoms. The molecule has 3 N–H and O–H groups in total. The fourth-order valence-corrected chi connectivity index (χ4v) is 2.49. The third-order valence-electron chi connectivity index (χ3n) is 3.94. The second-order valence-corrected chi connectivity index (χ2v) is 6.26. The van der Waals surface area contributed by atoms with Crippen LogP contribution in [0, 0.1) is 0 Å². The molecule has 2 amide bonds. The van der Waals surface area contributed by atoms with Gasteiger partial charge in [0.1, 0.15) is 0 Å². The molecule has 0 saturated heterocycles. The number of carbonyl (C=O) groups is 2. The minimum absolute atomic E-state index is 0.268. The summed E-state index contributed by atoms with van der Waals surface area (Å²) >= 11 is 0. The van der Waals surface area contributed by atoms with Crippen molar-refractivity contribution in [3.8, 4) is 0 Å². The number of urea groups is 1. The van der Waals surface area contributed by atoms with Crippen LogP contribution in [-0.4, -0.2) is 28.6 Å². The third kappa shape index (κ3) is 8.03. The van der Waals surface area contributed by atoms with Gasteiger partial charge in [0.2, 0.25) is 5.95 Å². The number of amides is 2. The molecule has 2 rings (SSSR count). The minimum Gasteiger partial charge on any atom is -0.462 e. The molecule has 0 fully saturated rings. The van der Waals surface area contributed by atoms with E-state index in [1.54, 1.807) is 42.7 Å². The maximum atomic E-state index is 12.1. The van der Waals surface area contributed by atoms with E-state index in [2.05, 4.69) is 33.1 Å². The van der Waals surface area contributed by atoms with Crippen LogP contribution in [0.25, 0.3) is 0 Å². The number of hydrogen-bond acceptors (Lipinski definition) is 6. The quantitative estimate of drug-likeness (QED) is 0.305. The first-order valence-corrected chi connectivity index (χ1v) is 9.56. The number of nitrogens with one attached hydrogen (secondary N) is 3. The number of unbranched alkanes of at least 4 members (excludes halogenated alkanes) is 5. The zero-order chi connectivity index (χ0) is 20.0. The molecule has 28 heavy (non-hydrogen) atoms. The van der Waals surface area contributed by atoms with Gasteiger partial charge in [-0.3, -0.25) is 5.43 Å². The fraction of sp³-hybridized carbons (Fsp3) is 0.400. The molecule has 150 valence electrons. The Morgan fingerprint density at radius 2 is 1.75 bits per heavy atom. The lowest BCUT2D eigenvalue weighted by Crippen LogP contribution is -2.34. The normalized spacial score (nSPS) is 10.2. The van der Waals surface area contributed by atoms with Crippen molar-refractivity contribution in [2.45, 2.75) is 45.4 Å². The van der Waals surface area contributed by atoms with Crippen molar-refractivity contribution in [2.24, 2.45) is 0 Å². The molecule has 1 aromatic heterocycles. The van der Waals surface area contributed by atoms with Gasteiger partial charge in [-0.05, 0) is 30.7 Å². The van der Waals surface area contributed by atoms with Crippen molar-refractivity contribution in [1.82, 2.24) is 15.4 Å². The summed E-state index contributed by atoms with van der Waals surface area (Å²) in [4.78, 5) is 31.9. The fourth-order valence-electron chi connectivity index (χ4n) is 2.49. The van der Waals surface area contributed by atoms with Gasteiger partial charge in [-0.25, -0.2) is 25.0 Å². The number of aromatic nitrogens is 2. The average molecular weight is 385 g/mol. The lowest BCUT2D eigenvalue weighted by molar-refractivity contribution is 0.0497. The van der Waals surface area contributed by atoms with Crippen LogP contribution in [-0.2, 0) is 4.74 Å². The Balaban J connectivity index is 1.73. The summed E-state index contributed by atoms with van der Waals surface area (Å²) in [7, 11) is 0.